The van der Waals surface area contributed by atoms with Crippen LogP contribution in [-0.2, 0) is 62.1 Å². The summed E-state index contributed by atoms with van der Waals surface area (Å²) in [5, 5.41) is 202. The number of hydrogen-bond donors (Lipinski definition) is 25. The van der Waals surface area contributed by atoms with Crippen molar-refractivity contribution < 1.29 is 167 Å². The number of amides is 8. The highest BCUT2D eigenvalue weighted by atomic mass is 35.5. The van der Waals surface area contributed by atoms with Gasteiger partial charge in [0.25, 0.3) is 0 Å². The van der Waals surface area contributed by atoms with E-state index in [2.05, 4.69) is 56.4 Å². The topological polar surface area (TPSA) is 683 Å². The molecule has 3 fully saturated rings. The van der Waals surface area contributed by atoms with Crippen LogP contribution in [0.4, 0.5) is 0 Å². The van der Waals surface area contributed by atoms with Gasteiger partial charge in [0.2, 0.25) is 65.6 Å². The lowest BCUT2D eigenvalue weighted by molar-refractivity contribution is -0.284. The smallest absolute Gasteiger partial charge is 0.330 e. The van der Waals surface area contributed by atoms with Crippen molar-refractivity contribution in [1.82, 2.24) is 42.5 Å². The maximum Gasteiger partial charge on any atom is 0.330 e. The summed E-state index contributed by atoms with van der Waals surface area (Å²) >= 11 is 14.7. The van der Waals surface area contributed by atoms with E-state index in [1.807, 2.05) is 0 Å². The molecule has 7 aromatic rings. The van der Waals surface area contributed by atoms with Crippen LogP contribution in [0, 0.1) is 5.92 Å². The van der Waals surface area contributed by atoms with Gasteiger partial charge in [0.05, 0.1) is 29.9 Å². The number of ether oxygens (including phenoxy) is 9. The van der Waals surface area contributed by atoms with Crippen LogP contribution in [0.25, 0.3) is 11.1 Å². The molecule has 0 aromatic heterocycles. The van der Waals surface area contributed by atoms with Gasteiger partial charge < -0.3 is 173 Å². The SMILES string of the molecule is CCC(C)CCCCCCC(=O)N[C@H]1[C@H](Oc2c3cc4cc2Oc2ccc(cc2Cl)[C@@H](O[C@@H]2O[C@H](CO)[C@@H](O)[C@H](O)[C@H]2NC(C)=O)[C@@H]2NC(=O)[C@@H](NC(=O)[C@@H]4NC(=O)[C@H]4NC(=O)[C@H](NC(=O)[C@H](N)c5ccc(O)c(c5)Oc5cc(O)cc4c5)[C@H](O)c4ccc(c(Cl)c4)O3)c3ccc(O)c(c3)-c3c(O[C@@H]4O[C@H](CO)[C@@H](O)[C@H](O)[C@H]4O)cc(O)cc3[C@@H](C(=O)O)NC2=O)O[C@H](CO)[C@@H](O)[C@@H]1O. The second-order valence-electron chi connectivity index (χ2n) is 33.4. The molecule has 9 aliphatic heterocycles. The van der Waals surface area contributed by atoms with E-state index >= 15 is 24.0 Å². The zero-order valence-corrected chi connectivity index (χ0v) is 72.8. The Labute approximate surface area is 770 Å². The largest absolute Gasteiger partial charge is 0.508 e. The highest BCUT2D eigenvalue weighted by molar-refractivity contribution is 6.32. The number of aromatic hydroxyl groups is 4. The molecule has 0 aliphatic carbocycles. The number of fused-ring (bicyclic) bond motifs is 14. The monoisotopic (exact) mass is 1910 g/mol. The quantitative estimate of drug-likeness (QED) is 0.0471. The number of aliphatic hydroxyl groups excluding tert-OH is 11. The van der Waals surface area contributed by atoms with Crippen LogP contribution >= 0.6 is 23.2 Å². The summed E-state index contributed by atoms with van der Waals surface area (Å²) < 4.78 is 57.4. The summed E-state index contributed by atoms with van der Waals surface area (Å²) in [6.45, 7) is 1.97. The number of rotatable bonds is 20. The molecule has 134 heavy (non-hydrogen) atoms. The summed E-state index contributed by atoms with van der Waals surface area (Å²) in [4.78, 5) is 139. The molecule has 0 spiro atoms. The van der Waals surface area contributed by atoms with E-state index in [0.717, 1.165) is 142 Å². The number of halogens is 2. The van der Waals surface area contributed by atoms with Crippen LogP contribution in [0.15, 0.2) is 115 Å². The molecular formula is C89H99Cl2N9O34. The lowest BCUT2D eigenvalue weighted by Gasteiger charge is -2.44. The van der Waals surface area contributed by atoms with Crippen LogP contribution in [0.1, 0.15) is 147 Å². The van der Waals surface area contributed by atoms with Gasteiger partial charge in [-0.3, -0.25) is 38.4 Å². The number of hydrogen-bond acceptors (Lipinski definition) is 34. The predicted molar refractivity (Wildman–Crippen MR) is 459 cm³/mol. The van der Waals surface area contributed by atoms with Gasteiger partial charge in [-0.1, -0.05) is 93.4 Å². The number of nitrogens with one attached hydrogen (secondary N) is 8. The van der Waals surface area contributed by atoms with Crippen molar-refractivity contribution in [2.75, 3.05) is 19.8 Å². The molecular weight excluding hydrogens is 1810 g/mol. The van der Waals surface area contributed by atoms with Crippen molar-refractivity contribution >= 4 is 76.4 Å². The van der Waals surface area contributed by atoms with Crippen molar-refractivity contribution in [1.29, 1.82) is 0 Å². The molecule has 9 heterocycles. The van der Waals surface area contributed by atoms with E-state index < -0.39 is 338 Å². The number of aliphatic carboxylic acids is 1. The Morgan fingerprint density at radius 2 is 1.01 bits per heavy atom. The molecule has 9 aliphatic rings. The number of unbranched alkanes of at least 4 members (excludes halogenated alkanes) is 3. The van der Waals surface area contributed by atoms with Crippen molar-refractivity contribution in [3.8, 4) is 80.1 Å². The fraction of sp³-hybridized carbons (Fsp3) is 0.427. The van der Waals surface area contributed by atoms with E-state index in [1.54, 1.807) is 0 Å². The Morgan fingerprint density at radius 3 is 1.63 bits per heavy atom. The molecule has 43 nitrogen and oxygen atoms in total. The first-order valence-corrected chi connectivity index (χ1v) is 43.4. The van der Waals surface area contributed by atoms with E-state index in [-0.39, 0.29) is 17.5 Å². The molecule has 45 heteroatoms. The Hall–Kier alpha value is -12.1. The lowest BCUT2D eigenvalue weighted by atomic mass is 9.89. The van der Waals surface area contributed by atoms with Crippen LogP contribution in [-0.4, -0.2) is 259 Å². The third-order valence-electron chi connectivity index (χ3n) is 24.1. The molecule has 26 N–H and O–H groups in total. The number of phenolic OH excluding ortho intramolecular Hbond substituents is 4. The van der Waals surface area contributed by atoms with Crippen molar-refractivity contribution in [2.45, 2.75) is 212 Å². The molecule has 718 valence electrons. The summed E-state index contributed by atoms with van der Waals surface area (Å²) in [6, 6.07) is -1.36. The average Bonchev–Trinajstić information content (AvgIpc) is 0.755. The van der Waals surface area contributed by atoms with Gasteiger partial charge >= 0.3 is 5.97 Å². The maximum atomic E-state index is 17.0. The summed E-state index contributed by atoms with van der Waals surface area (Å²) in [5.41, 5.74) is 2.02. The molecule has 3 saturated heterocycles. The van der Waals surface area contributed by atoms with Crippen LogP contribution in [0.3, 0.4) is 0 Å². The zero-order valence-electron chi connectivity index (χ0n) is 71.3. The third-order valence-corrected chi connectivity index (χ3v) is 24.7. The Morgan fingerprint density at radius 1 is 0.485 bits per heavy atom. The number of carbonyl (C=O) groups is 9. The van der Waals surface area contributed by atoms with Gasteiger partial charge in [-0.15, -0.1) is 0 Å². The highest BCUT2D eigenvalue weighted by Crippen LogP contribution is 2.51. The Bertz CT molecular complexity index is 5630. The van der Waals surface area contributed by atoms with E-state index in [0.29, 0.717) is 18.8 Å². The standard InChI is InChI=1S/C89H99Cl2N9O34/c1-4-33(2)9-7-5-6-8-10-59(109)94-68-75(115)72(112)57(31-102)131-88(68)134-79-54-25-40-26-55(79)128-51-18-14-38(23-47(51)91)78(133-87-67(93-34(3)104)74(114)71(111)56(30-101)130-87)69-85(123)98-65(86(124)125)45-28-42(106)29-53(129-89-77(117)76(116)73(113)58(32-103)132-89)60(45)44-21-36(12-15-48(44)107)62(81(119)100-69)95-83(121)64(40)96-82(120)63-39-19-41(105)27-43(20-39)126-52-24-35(11-16-49(52)108)61(92)80(118)99-66(84(122)97-63)70(110)37-13-17-50(127-54)46(90)22-37/h11-29,33,56-58,61-78,87-89,101-103,105-108,110-117H,4-10,30-32,92H2,1-3H3,(H,93,104)(H,94,109)(H,95,121)(H,96,120)(H,97,122)(H,98,123)(H,99,118)(H,100,119)(H,124,125)/t33?,56-,57-,58-,61-,62+,63+,64-,65+,66-,67-,68-,69+,70-,71-,72-,73-,74-,75-,76+,77-,78-,87+,88+,89-/m1/s1. The van der Waals surface area contributed by atoms with Gasteiger partial charge in [0, 0.05) is 42.2 Å². The molecule has 0 saturated carbocycles. The van der Waals surface area contributed by atoms with Gasteiger partial charge in [-0.05, 0) is 125 Å². The van der Waals surface area contributed by atoms with Gasteiger partial charge in [0.15, 0.2) is 35.3 Å². The van der Waals surface area contributed by atoms with E-state index in [9.17, 15) is 101 Å². The molecule has 7 aromatic carbocycles. The molecule has 0 radical (unpaired) electrons. The van der Waals surface area contributed by atoms with E-state index in [4.69, 9.17) is 71.6 Å². The molecule has 17 bridgehead atoms. The molecule has 1 unspecified atom stereocenters. The first-order valence-electron chi connectivity index (χ1n) is 42.6. The number of carbonyl (C=O) groups excluding carboxylic acids is 8. The maximum absolute atomic E-state index is 17.0. The molecule has 16 rings (SSSR count). The Kier molecular flexibility index (Phi) is 30.3. The van der Waals surface area contributed by atoms with Crippen molar-refractivity contribution in [2.24, 2.45) is 11.7 Å². The highest BCUT2D eigenvalue weighted by Gasteiger charge is 2.53. The number of phenols is 4. The Balaban J connectivity index is 1.04. The van der Waals surface area contributed by atoms with Gasteiger partial charge in [-0.25, -0.2) is 4.79 Å². The minimum atomic E-state index is -2.61. The van der Waals surface area contributed by atoms with Crippen molar-refractivity contribution in [3.05, 3.63) is 164 Å². The summed E-state index contributed by atoms with van der Waals surface area (Å²) in [7, 11) is 0. The predicted octanol–water partition coefficient (Wildman–Crippen LogP) is 0.901. The van der Waals surface area contributed by atoms with E-state index in [1.165, 1.54) is 6.07 Å². The lowest BCUT2D eigenvalue weighted by Crippen LogP contribution is -2.65. The van der Waals surface area contributed by atoms with Gasteiger partial charge in [-0.2, -0.15) is 0 Å². The zero-order chi connectivity index (χ0) is 96.4. The number of nitrogens with two attached hydrogens (primary N) is 1. The first-order chi connectivity index (χ1) is 63.8. The fourth-order valence-electron chi connectivity index (χ4n) is 16.7. The first kappa shape index (κ1) is 97.9. The minimum absolute atomic E-state index is 0.0568. The number of aliphatic hydroxyl groups is 11. The second-order valence-corrected chi connectivity index (χ2v) is 34.2. The normalized spacial score (nSPS) is 29.4. The fourth-order valence-corrected chi connectivity index (χ4v) is 17.1. The minimum Gasteiger partial charge on any atom is -0.508 e. The number of carboxylic acids is 1. The molecule has 8 amide bonds. The third kappa shape index (κ3) is 20.9. The average molecular weight is 1910 g/mol. The van der Waals surface area contributed by atoms with Crippen LogP contribution < -0.4 is 72.0 Å². The number of carboxylic acid groups (broad SMARTS) is 1. The van der Waals surface area contributed by atoms with Gasteiger partial charge in [0.1, 0.15) is 162 Å². The number of benzene rings is 7. The van der Waals surface area contributed by atoms with Crippen molar-refractivity contribution in [3.63, 3.8) is 0 Å². The van der Waals surface area contributed by atoms with Crippen LogP contribution in [0.2, 0.25) is 10.0 Å². The van der Waals surface area contributed by atoms with Crippen LogP contribution in [0.5, 0.6) is 69.0 Å². The second kappa shape index (κ2) is 41.4. The molecule has 25 atom stereocenters. The summed E-state index contributed by atoms with van der Waals surface area (Å²) in [6.07, 6.45) is -26.9. The summed E-state index contributed by atoms with van der Waals surface area (Å²) in [5.74, 6) is -20.3.